The third-order valence-electron chi connectivity index (χ3n) is 3.93. The van der Waals surface area contributed by atoms with Gasteiger partial charge in [-0.15, -0.1) is 0 Å². The third kappa shape index (κ3) is 5.45. The minimum Gasteiger partial charge on any atom is -0.462 e. The first-order valence-corrected chi connectivity index (χ1v) is 7.98. The summed E-state index contributed by atoms with van der Waals surface area (Å²) in [6.45, 7) is 6.93. The van der Waals surface area contributed by atoms with Crippen molar-refractivity contribution in [1.29, 1.82) is 0 Å². The topological polar surface area (TPSA) is 55.7 Å². The molecule has 0 aliphatic rings. The molecule has 1 aromatic carbocycles. The Morgan fingerprint density at radius 1 is 1.23 bits per heavy atom. The summed E-state index contributed by atoms with van der Waals surface area (Å²) in [5, 5.41) is 0. The largest absolute Gasteiger partial charge is 0.462 e. The van der Waals surface area contributed by atoms with E-state index in [1.54, 1.807) is 24.3 Å². The van der Waals surface area contributed by atoms with Crippen molar-refractivity contribution in [2.75, 3.05) is 6.61 Å². The van der Waals surface area contributed by atoms with Crippen LogP contribution in [0.15, 0.2) is 29.3 Å². The maximum Gasteiger partial charge on any atom is 0.340 e. The summed E-state index contributed by atoms with van der Waals surface area (Å²) in [5.74, 6) is 0.469. The van der Waals surface area contributed by atoms with Crippen LogP contribution in [0.3, 0.4) is 0 Å². The minimum atomic E-state index is -0.431. The number of benzene rings is 1. The number of esters is 1. The second-order valence-electron chi connectivity index (χ2n) is 5.63. The van der Waals surface area contributed by atoms with Crippen molar-refractivity contribution in [3.05, 3.63) is 29.8 Å². The molecule has 0 fully saturated rings. The first kappa shape index (κ1) is 18.1. The Morgan fingerprint density at radius 2 is 1.91 bits per heavy atom. The predicted molar refractivity (Wildman–Crippen MR) is 87.0 cm³/mol. The van der Waals surface area contributed by atoms with Crippen molar-refractivity contribution >= 4 is 17.7 Å². The lowest BCUT2D eigenvalue weighted by atomic mass is 9.87. The Labute approximate surface area is 132 Å². The Balaban J connectivity index is 2.73. The first-order chi connectivity index (χ1) is 10.6. The van der Waals surface area contributed by atoms with Gasteiger partial charge in [-0.25, -0.2) is 9.59 Å². The molecule has 2 atom stereocenters. The van der Waals surface area contributed by atoms with Gasteiger partial charge in [-0.3, -0.25) is 0 Å². The first-order valence-electron chi connectivity index (χ1n) is 7.98. The standard InChI is InChI=1S/C18H25NO3/c1-4-8-14(3)15(9-5-2)12-22-18(21)16-10-6-7-11-17(16)19-13-20/h6-7,10-11,14-15H,4-5,8-9,12H2,1-3H3/t14-,15+/m0/s1. The summed E-state index contributed by atoms with van der Waals surface area (Å²) >= 11 is 0. The number of rotatable bonds is 9. The molecule has 4 heteroatoms. The van der Waals surface area contributed by atoms with Crippen LogP contribution >= 0.6 is 0 Å². The molecule has 0 aliphatic carbocycles. The lowest BCUT2D eigenvalue weighted by Crippen LogP contribution is -2.20. The maximum absolute atomic E-state index is 12.2. The monoisotopic (exact) mass is 303 g/mol. The van der Waals surface area contributed by atoms with Crippen molar-refractivity contribution in [1.82, 2.24) is 0 Å². The second kappa shape index (κ2) is 9.91. The van der Waals surface area contributed by atoms with Gasteiger partial charge in [-0.1, -0.05) is 52.2 Å². The summed E-state index contributed by atoms with van der Waals surface area (Å²) in [6.07, 6.45) is 5.85. The van der Waals surface area contributed by atoms with Crippen molar-refractivity contribution in [3.8, 4) is 0 Å². The van der Waals surface area contributed by atoms with Gasteiger partial charge in [-0.05, 0) is 30.4 Å². The molecule has 0 N–H and O–H groups in total. The highest BCUT2D eigenvalue weighted by molar-refractivity contribution is 5.95. The van der Waals surface area contributed by atoms with E-state index in [0.717, 1.165) is 25.7 Å². The summed E-state index contributed by atoms with van der Waals surface area (Å²) < 4.78 is 5.47. The highest BCUT2D eigenvalue weighted by Gasteiger charge is 2.19. The van der Waals surface area contributed by atoms with Gasteiger partial charge >= 0.3 is 5.97 Å². The summed E-state index contributed by atoms with van der Waals surface area (Å²) in [5.41, 5.74) is 0.611. The lowest BCUT2D eigenvalue weighted by molar-refractivity contribution is 0.0383. The van der Waals surface area contributed by atoms with Gasteiger partial charge in [0.25, 0.3) is 0 Å². The van der Waals surface area contributed by atoms with Crippen LogP contribution < -0.4 is 0 Å². The Bertz CT molecular complexity index is 521. The van der Waals surface area contributed by atoms with Crippen LogP contribution in [0.2, 0.25) is 0 Å². The van der Waals surface area contributed by atoms with Crippen LogP contribution in [0.5, 0.6) is 0 Å². The van der Waals surface area contributed by atoms with E-state index in [-0.39, 0.29) is 0 Å². The molecule has 1 rings (SSSR count). The SMILES string of the molecule is CCC[C@H](COC(=O)c1ccccc1N=C=O)[C@@H](C)CCC. The van der Waals surface area contributed by atoms with Crippen molar-refractivity contribution in [2.24, 2.45) is 16.8 Å². The Morgan fingerprint density at radius 3 is 2.55 bits per heavy atom. The average Bonchev–Trinajstić information content (AvgIpc) is 2.52. The van der Waals surface area contributed by atoms with Gasteiger partial charge in [0, 0.05) is 0 Å². The van der Waals surface area contributed by atoms with Crippen LogP contribution in [-0.4, -0.2) is 18.7 Å². The van der Waals surface area contributed by atoms with E-state index in [1.165, 1.54) is 6.08 Å². The molecular weight excluding hydrogens is 278 g/mol. The van der Waals surface area contributed by atoms with E-state index in [2.05, 4.69) is 25.8 Å². The van der Waals surface area contributed by atoms with Crippen molar-refractivity contribution < 1.29 is 14.3 Å². The highest BCUT2D eigenvalue weighted by Crippen LogP contribution is 2.24. The number of ether oxygens (including phenoxy) is 1. The molecule has 1 aromatic rings. The molecule has 0 amide bonds. The number of carbonyl (C=O) groups excluding carboxylic acids is 2. The molecule has 120 valence electrons. The number of isocyanates is 1. The van der Waals surface area contributed by atoms with Gasteiger partial charge < -0.3 is 4.74 Å². The van der Waals surface area contributed by atoms with Crippen LogP contribution in [0.1, 0.15) is 56.8 Å². The molecule has 0 heterocycles. The van der Waals surface area contributed by atoms with E-state index in [4.69, 9.17) is 4.74 Å². The van der Waals surface area contributed by atoms with E-state index in [9.17, 15) is 9.59 Å². The zero-order valence-corrected chi connectivity index (χ0v) is 13.7. The molecule has 22 heavy (non-hydrogen) atoms. The normalized spacial score (nSPS) is 13.0. The van der Waals surface area contributed by atoms with Crippen LogP contribution in [0, 0.1) is 11.8 Å². The smallest absolute Gasteiger partial charge is 0.340 e. The number of nitrogens with zero attached hydrogens (tertiary/aromatic N) is 1. The second-order valence-corrected chi connectivity index (χ2v) is 5.63. The molecule has 0 aromatic heterocycles. The molecule has 4 nitrogen and oxygen atoms in total. The van der Waals surface area contributed by atoms with Gasteiger partial charge in [-0.2, -0.15) is 4.99 Å². The molecule has 0 saturated carbocycles. The van der Waals surface area contributed by atoms with E-state index >= 15 is 0 Å². The zero-order valence-electron chi connectivity index (χ0n) is 13.7. The molecule has 0 aliphatic heterocycles. The van der Waals surface area contributed by atoms with Crippen LogP contribution in [0.25, 0.3) is 0 Å². The zero-order chi connectivity index (χ0) is 16.4. The fourth-order valence-corrected chi connectivity index (χ4v) is 2.65. The van der Waals surface area contributed by atoms with Crippen LogP contribution in [0.4, 0.5) is 5.69 Å². The fourth-order valence-electron chi connectivity index (χ4n) is 2.65. The van der Waals surface area contributed by atoms with E-state index in [0.29, 0.717) is 29.7 Å². The number of aliphatic imine (C=N–C) groups is 1. The molecule has 0 unspecified atom stereocenters. The number of hydrogen-bond acceptors (Lipinski definition) is 4. The van der Waals surface area contributed by atoms with Crippen molar-refractivity contribution in [3.63, 3.8) is 0 Å². The van der Waals surface area contributed by atoms with E-state index in [1.807, 2.05) is 0 Å². The quantitative estimate of drug-likeness (QED) is 0.378. The van der Waals surface area contributed by atoms with Crippen molar-refractivity contribution in [2.45, 2.75) is 46.5 Å². The molecule has 0 saturated heterocycles. The summed E-state index contributed by atoms with van der Waals surface area (Å²) in [4.78, 5) is 26.2. The van der Waals surface area contributed by atoms with E-state index < -0.39 is 5.97 Å². The van der Waals surface area contributed by atoms with Gasteiger partial charge in [0.1, 0.15) is 0 Å². The highest BCUT2D eigenvalue weighted by atomic mass is 16.5. The molecule has 0 spiro atoms. The molecule has 0 radical (unpaired) electrons. The predicted octanol–water partition coefficient (Wildman–Crippen LogP) is 4.66. The summed E-state index contributed by atoms with van der Waals surface area (Å²) in [7, 11) is 0. The van der Waals surface area contributed by atoms with Gasteiger partial charge in [0.2, 0.25) is 6.08 Å². The van der Waals surface area contributed by atoms with Gasteiger partial charge in [0.05, 0.1) is 17.9 Å². The summed E-state index contributed by atoms with van der Waals surface area (Å²) in [6, 6.07) is 6.66. The van der Waals surface area contributed by atoms with Crippen LogP contribution in [-0.2, 0) is 9.53 Å². The Kier molecular flexibility index (Phi) is 8.16. The fraction of sp³-hybridized carbons (Fsp3) is 0.556. The molecule has 0 bridgehead atoms. The number of hydrogen-bond donors (Lipinski definition) is 0. The maximum atomic E-state index is 12.2. The minimum absolute atomic E-state index is 0.302. The number of para-hydroxylation sites is 1. The molecular formula is C18H25NO3. The average molecular weight is 303 g/mol. The number of carbonyl (C=O) groups is 1. The third-order valence-corrected chi connectivity index (χ3v) is 3.93. The lowest BCUT2D eigenvalue weighted by Gasteiger charge is -2.23. The van der Waals surface area contributed by atoms with Gasteiger partial charge in [0.15, 0.2) is 0 Å². The Hall–Kier alpha value is -1.93.